The Morgan fingerprint density at radius 2 is 1.83 bits per heavy atom. The van der Waals surface area contributed by atoms with Gasteiger partial charge in [0.15, 0.2) is 0 Å². The monoisotopic (exact) mass is 637 g/mol. The average molecular weight is 638 g/mol. The van der Waals surface area contributed by atoms with Gasteiger partial charge in [-0.05, 0) is 50.3 Å². The van der Waals surface area contributed by atoms with Crippen LogP contribution in [0.2, 0.25) is 5.02 Å². The lowest BCUT2D eigenvalue weighted by molar-refractivity contribution is 0.199. The molecule has 14 nitrogen and oxygen atoms in total. The maximum atomic E-state index is 13.7. The summed E-state index contributed by atoms with van der Waals surface area (Å²) in [5, 5.41) is 20.0. The van der Waals surface area contributed by atoms with Crippen LogP contribution in [0, 0.1) is 18.3 Å². The van der Waals surface area contributed by atoms with Gasteiger partial charge in [0.05, 0.1) is 30.1 Å². The highest BCUT2D eigenvalue weighted by Crippen LogP contribution is 2.33. The normalized spacial score (nSPS) is 15.9. The summed E-state index contributed by atoms with van der Waals surface area (Å²) in [7, 11) is 1.51. The number of amides is 1. The summed E-state index contributed by atoms with van der Waals surface area (Å²) >= 11 is 6.24. The van der Waals surface area contributed by atoms with Gasteiger partial charge in [-0.1, -0.05) is 17.7 Å². The lowest BCUT2D eigenvalue weighted by atomic mass is 9.90. The highest BCUT2D eigenvalue weighted by molar-refractivity contribution is 6.32. The quantitative estimate of drug-likeness (QED) is 0.222. The van der Waals surface area contributed by atoms with Crippen molar-refractivity contribution < 1.29 is 14.3 Å². The second kappa shape index (κ2) is 13.5. The number of hydrogen-bond donors (Lipinski definition) is 2. The Balaban J connectivity index is 1.21. The van der Waals surface area contributed by atoms with Gasteiger partial charge in [0.25, 0.3) is 0 Å². The van der Waals surface area contributed by atoms with E-state index in [-0.39, 0.29) is 29.5 Å². The third-order valence-electron chi connectivity index (χ3n) is 7.58. The van der Waals surface area contributed by atoms with Crippen molar-refractivity contribution in [1.82, 2.24) is 40.1 Å². The first kappa shape index (κ1) is 30.4. The summed E-state index contributed by atoms with van der Waals surface area (Å²) in [4.78, 5) is 41.5. The van der Waals surface area contributed by atoms with Gasteiger partial charge >= 0.3 is 12.1 Å². The number of nitriles is 1. The molecule has 0 radical (unpaired) electrons. The molecule has 2 N–H and O–H groups in total. The van der Waals surface area contributed by atoms with Gasteiger partial charge in [0.2, 0.25) is 11.8 Å². The summed E-state index contributed by atoms with van der Waals surface area (Å²) in [5.41, 5.74) is 3.43. The molecular formula is C31H28ClN11O3. The number of ether oxygens (including phenoxy) is 2. The highest BCUT2D eigenvalue weighted by Gasteiger charge is 2.33. The van der Waals surface area contributed by atoms with E-state index in [4.69, 9.17) is 26.1 Å². The Hall–Kier alpha value is -5.68. The van der Waals surface area contributed by atoms with E-state index in [9.17, 15) is 10.1 Å². The molecule has 0 unspecified atom stereocenters. The van der Waals surface area contributed by atoms with Crippen LogP contribution < -0.4 is 19.7 Å². The molecule has 6 rings (SSSR count). The van der Waals surface area contributed by atoms with Gasteiger partial charge in [-0.2, -0.15) is 10.4 Å². The smallest absolute Gasteiger partial charge is 0.422 e. The summed E-state index contributed by atoms with van der Waals surface area (Å²) in [5.74, 6) is 1.06. The number of halogens is 1. The lowest BCUT2D eigenvalue weighted by Crippen LogP contribution is -2.46. The predicted octanol–water partition coefficient (Wildman–Crippen LogP) is 5.38. The maximum Gasteiger partial charge on any atom is 0.422 e. The fourth-order valence-electron chi connectivity index (χ4n) is 5.33. The number of nitrogens with zero attached hydrogens (tertiary/aromatic N) is 9. The number of carbonyl (C=O) groups excluding carboxylic acids is 1. The molecule has 0 spiro atoms. The lowest BCUT2D eigenvalue weighted by Gasteiger charge is -2.36. The average Bonchev–Trinajstić information content (AvgIpc) is 3.52. The van der Waals surface area contributed by atoms with Crippen molar-refractivity contribution in [2.24, 2.45) is 0 Å². The molecule has 15 heteroatoms. The van der Waals surface area contributed by atoms with Gasteiger partial charge in [0.1, 0.15) is 23.3 Å². The van der Waals surface area contributed by atoms with Crippen LogP contribution in [0.3, 0.4) is 0 Å². The van der Waals surface area contributed by atoms with Gasteiger partial charge in [-0.25, -0.2) is 34.7 Å². The number of nitrogens with one attached hydrogen (secondary N) is 2. The van der Waals surface area contributed by atoms with Crippen LogP contribution in [0.1, 0.15) is 36.8 Å². The number of aromatic nitrogens is 8. The molecule has 5 aromatic heterocycles. The summed E-state index contributed by atoms with van der Waals surface area (Å²) < 4.78 is 10.8. The van der Waals surface area contributed by atoms with Crippen molar-refractivity contribution >= 4 is 29.5 Å². The topological polar surface area (TPSA) is 181 Å². The number of methoxy groups -OCH3 is 1. The number of anilines is 2. The van der Waals surface area contributed by atoms with Crippen LogP contribution in [-0.4, -0.2) is 65.4 Å². The number of aryl methyl sites for hydroxylation is 1. The van der Waals surface area contributed by atoms with Gasteiger partial charge in [-0.15, -0.1) is 0 Å². The number of H-pyrrole nitrogens is 1. The first-order chi connectivity index (χ1) is 22.4. The molecule has 1 aliphatic rings. The van der Waals surface area contributed by atoms with Gasteiger partial charge in [-0.3, -0.25) is 10.00 Å². The SMILES string of the molecule is COc1ncc(-c2cnc(N(C(=O)Oc3ccccn3)C3CCC(Nc4ncc(C#N)c(-c5[nH]ncc5Cl)n4)CC3)c(C)c2)cn1. The molecule has 232 valence electrons. The van der Waals surface area contributed by atoms with Crippen LogP contribution in [0.4, 0.5) is 16.6 Å². The Morgan fingerprint density at radius 1 is 1.04 bits per heavy atom. The number of aromatic amines is 1. The Morgan fingerprint density at radius 3 is 2.48 bits per heavy atom. The predicted molar refractivity (Wildman–Crippen MR) is 168 cm³/mol. The van der Waals surface area contributed by atoms with Crippen LogP contribution in [0.25, 0.3) is 22.5 Å². The Bertz CT molecular complexity index is 1870. The Kier molecular flexibility index (Phi) is 8.93. The third-order valence-corrected chi connectivity index (χ3v) is 7.87. The van der Waals surface area contributed by atoms with E-state index < -0.39 is 6.09 Å². The zero-order valence-electron chi connectivity index (χ0n) is 24.9. The van der Waals surface area contributed by atoms with Gasteiger partial charge < -0.3 is 14.8 Å². The summed E-state index contributed by atoms with van der Waals surface area (Å²) in [6.07, 6.45) is 11.6. The van der Waals surface area contributed by atoms with E-state index in [2.05, 4.69) is 46.5 Å². The molecule has 0 aliphatic heterocycles. The molecule has 0 saturated heterocycles. The summed E-state index contributed by atoms with van der Waals surface area (Å²) in [6.45, 7) is 1.90. The van der Waals surface area contributed by atoms with Crippen molar-refractivity contribution in [2.45, 2.75) is 44.7 Å². The highest BCUT2D eigenvalue weighted by atomic mass is 35.5. The van der Waals surface area contributed by atoms with E-state index in [1.54, 1.807) is 47.9 Å². The maximum absolute atomic E-state index is 13.7. The van der Waals surface area contributed by atoms with E-state index >= 15 is 0 Å². The number of rotatable bonds is 8. The van der Waals surface area contributed by atoms with Crippen molar-refractivity contribution in [1.29, 1.82) is 5.26 Å². The van der Waals surface area contributed by atoms with Crippen molar-refractivity contribution in [3.8, 4) is 40.5 Å². The van der Waals surface area contributed by atoms with E-state index in [0.29, 0.717) is 53.9 Å². The van der Waals surface area contributed by atoms with Crippen LogP contribution in [-0.2, 0) is 0 Å². The van der Waals surface area contributed by atoms with Gasteiger partial charge in [0, 0.05) is 54.1 Å². The molecule has 1 aliphatic carbocycles. The third kappa shape index (κ3) is 6.54. The van der Waals surface area contributed by atoms with E-state index in [1.165, 1.54) is 19.5 Å². The number of pyridine rings is 2. The minimum Gasteiger partial charge on any atom is -0.467 e. The molecule has 0 aromatic carbocycles. The second-order valence-electron chi connectivity index (χ2n) is 10.5. The molecule has 46 heavy (non-hydrogen) atoms. The van der Waals surface area contributed by atoms with Crippen LogP contribution in [0.5, 0.6) is 11.9 Å². The zero-order chi connectivity index (χ0) is 32.0. The minimum atomic E-state index is -0.567. The molecule has 1 amide bonds. The standard InChI is InChI=1S/C31H28ClN11O3/c1-18-11-19(21-15-37-30(45-2)38-16-21)13-35-28(18)43(31(44)46-25-5-3-4-10-34-25)23-8-6-22(7-9-23)40-29-36-14-20(12-33)26(41-29)27-24(32)17-39-42-27/h3-5,10-11,13-17,22-23H,6-9H2,1-2H3,(H,39,42)(H,36,40,41). The fraction of sp³-hybridized carbons (Fsp3) is 0.258. The summed E-state index contributed by atoms with van der Waals surface area (Å²) in [6, 6.07) is 9.26. The number of hydrogen-bond acceptors (Lipinski definition) is 12. The van der Waals surface area contributed by atoms with Crippen molar-refractivity contribution in [3.05, 3.63) is 77.6 Å². The zero-order valence-corrected chi connectivity index (χ0v) is 25.6. The molecule has 5 aromatic rings. The first-order valence-corrected chi connectivity index (χ1v) is 14.8. The fourth-order valence-corrected chi connectivity index (χ4v) is 5.51. The molecule has 5 heterocycles. The molecule has 0 atom stereocenters. The minimum absolute atomic E-state index is 0.0226. The number of carbonyl (C=O) groups is 1. The molecular weight excluding hydrogens is 610 g/mol. The van der Waals surface area contributed by atoms with Crippen molar-refractivity contribution in [3.63, 3.8) is 0 Å². The molecule has 1 fully saturated rings. The van der Waals surface area contributed by atoms with Crippen LogP contribution >= 0.6 is 11.6 Å². The van der Waals surface area contributed by atoms with Crippen molar-refractivity contribution in [2.75, 3.05) is 17.3 Å². The van der Waals surface area contributed by atoms with E-state index in [0.717, 1.165) is 16.7 Å². The second-order valence-corrected chi connectivity index (χ2v) is 10.9. The molecule has 0 bridgehead atoms. The Labute approximate surface area is 268 Å². The first-order valence-electron chi connectivity index (χ1n) is 14.4. The largest absolute Gasteiger partial charge is 0.467 e. The molecule has 1 saturated carbocycles. The van der Waals surface area contributed by atoms with Crippen LogP contribution in [0.15, 0.2) is 61.4 Å². The van der Waals surface area contributed by atoms with E-state index in [1.807, 2.05) is 13.0 Å².